The van der Waals surface area contributed by atoms with Crippen molar-refractivity contribution in [1.29, 1.82) is 0 Å². The van der Waals surface area contributed by atoms with Gasteiger partial charge in [-0.05, 0) is 92.4 Å². The fraction of sp³-hybridized carbons (Fsp3) is 0.870. The van der Waals surface area contributed by atoms with Gasteiger partial charge in [-0.3, -0.25) is 0 Å². The largest absolute Gasteiger partial charge is 0.566 e. The van der Waals surface area contributed by atoms with E-state index in [2.05, 4.69) is 13.8 Å². The Hall–Kier alpha value is -0.990. The first-order valence-corrected chi connectivity index (χ1v) is 11.7. The number of nitrogens with one attached hydrogen (secondary N) is 1. The number of ether oxygens (including phenoxy) is 1. The maximum absolute atomic E-state index is 12.2. The molecule has 30 heavy (non-hydrogen) atoms. The zero-order chi connectivity index (χ0) is 21.3. The minimum Gasteiger partial charge on any atom is -0.566 e. The summed E-state index contributed by atoms with van der Waals surface area (Å²) in [6.07, 6.45) is 9.87. The first kappa shape index (κ1) is 20.9. The molecule has 0 spiro atoms. The van der Waals surface area contributed by atoms with E-state index in [0.29, 0.717) is 18.4 Å². The van der Waals surface area contributed by atoms with Gasteiger partial charge < -0.3 is 15.1 Å². The van der Waals surface area contributed by atoms with Crippen LogP contribution in [0.4, 0.5) is 0 Å². The van der Waals surface area contributed by atoms with E-state index in [-0.39, 0.29) is 34.7 Å². The molecule has 9 atom stereocenters. The Balaban J connectivity index is 1.39. The van der Waals surface area contributed by atoms with Gasteiger partial charge in [0.2, 0.25) is 0 Å². The summed E-state index contributed by atoms with van der Waals surface area (Å²) in [5.74, 6) is 1.18. The quantitative estimate of drug-likeness (QED) is 0.477. The molecule has 4 aliphatic carbocycles. The van der Waals surface area contributed by atoms with E-state index in [4.69, 9.17) is 14.8 Å². The molecule has 0 aromatic heterocycles. The van der Waals surface area contributed by atoms with Gasteiger partial charge >= 0.3 is 5.97 Å². The molecule has 4 saturated carbocycles. The molecule has 1 aliphatic heterocycles. The lowest BCUT2D eigenvalue weighted by atomic mass is 9.43. The molecule has 1 unspecified atom stereocenters. The Morgan fingerprint density at radius 3 is 2.63 bits per heavy atom. The number of esters is 1. The fourth-order valence-corrected chi connectivity index (χ4v) is 8.62. The molecule has 168 valence electrons. The molecule has 0 aromatic carbocycles. The Bertz CT molecular complexity index is 754. The smallest absolute Gasteiger partial charge is 0.331 e. The van der Waals surface area contributed by atoms with Crippen LogP contribution >= 0.6 is 0 Å². The van der Waals surface area contributed by atoms with Crippen molar-refractivity contribution in [1.82, 2.24) is 0 Å². The van der Waals surface area contributed by atoms with Gasteiger partial charge in [0.1, 0.15) is 12.7 Å². The van der Waals surface area contributed by atoms with Crippen molar-refractivity contribution >= 4 is 5.97 Å². The molecule has 5 rings (SSSR count). The highest BCUT2D eigenvalue weighted by molar-refractivity contribution is 5.85. The predicted molar refractivity (Wildman–Crippen MR) is 107 cm³/mol. The highest BCUT2D eigenvalue weighted by Gasteiger charge is 2.67. The Morgan fingerprint density at radius 1 is 1.13 bits per heavy atom. The second-order valence-corrected chi connectivity index (χ2v) is 11.1. The van der Waals surface area contributed by atoms with E-state index in [1.54, 1.807) is 6.08 Å². The minimum absolute atomic E-state index is 0.141. The minimum atomic E-state index is -1.17. The van der Waals surface area contributed by atoms with Gasteiger partial charge in [-0.2, -0.15) is 10.0 Å². The van der Waals surface area contributed by atoms with E-state index >= 15 is 0 Å². The lowest BCUT2D eigenvalue weighted by Gasteiger charge is -2.63. The van der Waals surface area contributed by atoms with Gasteiger partial charge in [0.15, 0.2) is 0 Å². The van der Waals surface area contributed by atoms with Crippen LogP contribution in [0.25, 0.3) is 0 Å². The molecule has 7 heteroatoms. The van der Waals surface area contributed by atoms with Crippen molar-refractivity contribution in [3.8, 4) is 0 Å². The highest BCUT2D eigenvalue weighted by atomic mass is 17.1. The normalized spacial score (nSPS) is 51.4. The van der Waals surface area contributed by atoms with Crippen molar-refractivity contribution in [3.05, 3.63) is 16.9 Å². The molecule has 5 aliphatic rings. The monoisotopic (exact) mass is 421 g/mol. The third-order valence-corrected chi connectivity index (χ3v) is 10.2. The summed E-state index contributed by atoms with van der Waals surface area (Å²) in [6, 6.07) is 0. The van der Waals surface area contributed by atoms with Crippen molar-refractivity contribution in [2.45, 2.75) is 83.3 Å². The lowest BCUT2D eigenvalue weighted by Crippen LogP contribution is -3.04. The molecule has 0 aromatic rings. The van der Waals surface area contributed by atoms with Crippen LogP contribution in [0.5, 0.6) is 0 Å². The van der Waals surface area contributed by atoms with E-state index in [1.165, 1.54) is 0 Å². The summed E-state index contributed by atoms with van der Waals surface area (Å²) in [7, 11) is 0. The predicted octanol–water partition coefficient (Wildman–Crippen LogP) is 2.32. The number of hydrogen-bond donors (Lipinski definition) is 3. The summed E-state index contributed by atoms with van der Waals surface area (Å²) < 4.78 is 5.20. The SMILES string of the molecule is C[C@]12CC[C@H](O[NH+]([O-])O)C[C@H]1CC[C@@H]1[C@@H]2CC[C@]2(C)[C@@H](C3=CC(=O)OC3)CC[C@]12O. The van der Waals surface area contributed by atoms with Gasteiger partial charge in [0.25, 0.3) is 0 Å². The number of cyclic esters (lactones) is 1. The number of quaternary nitrogens is 1. The topological polar surface area (TPSA) is 103 Å². The fourth-order valence-electron chi connectivity index (χ4n) is 8.62. The molecule has 0 radical (unpaired) electrons. The number of rotatable bonds is 3. The van der Waals surface area contributed by atoms with Crippen LogP contribution in [0.3, 0.4) is 0 Å². The molecule has 3 N–H and O–H groups in total. The second kappa shape index (κ2) is 7.01. The molecular weight excluding hydrogens is 386 g/mol. The number of aliphatic hydroxyl groups is 1. The van der Waals surface area contributed by atoms with E-state index in [1.807, 2.05) is 0 Å². The summed E-state index contributed by atoms with van der Waals surface area (Å²) in [4.78, 5) is 16.8. The summed E-state index contributed by atoms with van der Waals surface area (Å²) >= 11 is 0. The van der Waals surface area contributed by atoms with Gasteiger partial charge in [0.05, 0.1) is 5.60 Å². The Labute approximate surface area is 177 Å². The standard InChI is InChI=1S/C23H35NO6/c1-21-8-5-16(30-24(27)28)12-15(21)3-4-19-18(21)6-9-22(2)17(7-10-23(19,22)26)14-11-20(25)29-13-14/h11,15-19,24,26-27H,3-10,12-13H2,1-2H3/t15-,16+,17-,18+,19-,21+,22-,23+/m1/s1. The average molecular weight is 422 g/mol. The molecule has 0 saturated heterocycles. The maximum atomic E-state index is 12.2. The van der Waals surface area contributed by atoms with Crippen LogP contribution in [0.2, 0.25) is 0 Å². The maximum Gasteiger partial charge on any atom is 0.331 e. The van der Waals surface area contributed by atoms with E-state index in [0.717, 1.165) is 63.4 Å². The molecule has 0 bridgehead atoms. The molecule has 0 amide bonds. The molecule has 4 fully saturated rings. The van der Waals surface area contributed by atoms with Crippen molar-refractivity contribution < 1.29 is 30.1 Å². The van der Waals surface area contributed by atoms with Gasteiger partial charge in [0, 0.05) is 11.5 Å². The van der Waals surface area contributed by atoms with Gasteiger partial charge in [-0.25, -0.2) is 4.79 Å². The van der Waals surface area contributed by atoms with Crippen LogP contribution in [0, 0.1) is 39.7 Å². The highest BCUT2D eigenvalue weighted by Crippen LogP contribution is 2.69. The van der Waals surface area contributed by atoms with Crippen LogP contribution in [-0.4, -0.2) is 34.6 Å². The summed E-state index contributed by atoms with van der Waals surface area (Å²) in [6.45, 7) is 5.01. The third-order valence-electron chi connectivity index (χ3n) is 10.2. The molecule has 1 heterocycles. The van der Waals surface area contributed by atoms with Gasteiger partial charge in [-0.15, -0.1) is 0 Å². The number of carbonyl (C=O) groups excluding carboxylic acids is 1. The van der Waals surface area contributed by atoms with E-state index in [9.17, 15) is 15.1 Å². The Morgan fingerprint density at radius 2 is 1.93 bits per heavy atom. The van der Waals surface area contributed by atoms with Gasteiger partial charge in [-0.1, -0.05) is 19.2 Å². The Kier molecular flexibility index (Phi) is 4.88. The van der Waals surface area contributed by atoms with Crippen LogP contribution < -0.4 is 5.39 Å². The molecule has 7 nitrogen and oxygen atoms in total. The average Bonchev–Trinajstić information content (AvgIpc) is 3.22. The van der Waals surface area contributed by atoms with Crippen LogP contribution in [0.1, 0.15) is 71.6 Å². The van der Waals surface area contributed by atoms with Crippen molar-refractivity contribution in [2.24, 2.45) is 34.5 Å². The van der Waals surface area contributed by atoms with E-state index < -0.39 is 11.0 Å². The number of hydrogen-bond acceptors (Lipinski definition) is 6. The van der Waals surface area contributed by atoms with Crippen LogP contribution in [0.15, 0.2) is 11.6 Å². The molecular formula is C23H35NO6. The zero-order valence-electron chi connectivity index (χ0n) is 18.1. The summed E-state index contributed by atoms with van der Waals surface area (Å²) in [5.41, 5.74) is 0.307. The first-order chi connectivity index (χ1) is 14.2. The third kappa shape index (κ3) is 2.85. The van der Waals surface area contributed by atoms with Crippen molar-refractivity contribution in [3.63, 3.8) is 0 Å². The number of carbonyl (C=O) groups is 1. The van der Waals surface area contributed by atoms with Crippen molar-refractivity contribution in [2.75, 3.05) is 6.61 Å². The van der Waals surface area contributed by atoms with Crippen LogP contribution in [-0.2, 0) is 14.4 Å². The second-order valence-electron chi connectivity index (χ2n) is 11.1. The zero-order valence-corrected chi connectivity index (χ0v) is 18.1. The first-order valence-electron chi connectivity index (χ1n) is 11.7. The number of fused-ring (bicyclic) bond motifs is 5. The lowest BCUT2D eigenvalue weighted by molar-refractivity contribution is -1.21. The summed E-state index contributed by atoms with van der Waals surface area (Å²) in [5, 5.41) is 31.0.